The number of rotatable bonds is 4. The van der Waals surface area contributed by atoms with Crippen LogP contribution in [0.4, 0.5) is 0 Å². The van der Waals surface area contributed by atoms with Crippen LogP contribution in [0.1, 0.15) is 60.5 Å². The normalized spacial score (nSPS) is 13.3. The number of hydrogen-bond acceptors (Lipinski definition) is 2. The van der Waals surface area contributed by atoms with Gasteiger partial charge in [-0.3, -0.25) is 4.79 Å². The van der Waals surface area contributed by atoms with Gasteiger partial charge in [-0.05, 0) is 36.8 Å². The van der Waals surface area contributed by atoms with Crippen LogP contribution in [-0.2, 0) is 13.1 Å². The summed E-state index contributed by atoms with van der Waals surface area (Å²) in [5.41, 5.74) is 7.59. The second kappa shape index (κ2) is 7.18. The number of aromatic nitrogens is 2. The highest BCUT2D eigenvalue weighted by molar-refractivity contribution is 6.03. The number of hydrogen-bond donors (Lipinski definition) is 0. The van der Waals surface area contributed by atoms with E-state index in [1.165, 1.54) is 22.2 Å². The molecule has 5 rings (SSSR count). The van der Waals surface area contributed by atoms with E-state index >= 15 is 0 Å². The van der Waals surface area contributed by atoms with Crippen LogP contribution in [0.25, 0.3) is 33.1 Å². The van der Waals surface area contributed by atoms with E-state index < -0.39 is 0 Å². The number of aryl methyl sites for hydroxylation is 2. The molecule has 0 aliphatic carbocycles. The van der Waals surface area contributed by atoms with Gasteiger partial charge in [0.15, 0.2) is 0 Å². The van der Waals surface area contributed by atoms with Crippen LogP contribution in [0.5, 0.6) is 0 Å². The van der Waals surface area contributed by atoms with Crippen molar-refractivity contribution in [2.45, 2.75) is 52.1 Å². The number of nitriles is 1. The average Bonchev–Trinajstić information content (AvgIpc) is 3.29. The molecule has 0 amide bonds. The maximum absolute atomic E-state index is 11.5. The molecule has 0 N–H and O–H groups in total. The van der Waals surface area contributed by atoms with Crippen LogP contribution >= 0.6 is 0 Å². The predicted molar refractivity (Wildman–Crippen MR) is 121 cm³/mol. The first-order valence-corrected chi connectivity index (χ1v) is 10.8. The lowest BCUT2D eigenvalue weighted by atomic mass is 9.88. The highest BCUT2D eigenvalue weighted by Crippen LogP contribution is 2.44. The number of benzene rings is 2. The molecule has 1 aliphatic heterocycles. The third-order valence-electron chi connectivity index (χ3n) is 6.71. The molecule has 4 heteroatoms. The molecular formula is C26H25N3O. The topological polar surface area (TPSA) is 50.7 Å². The quantitative estimate of drug-likeness (QED) is 0.383. The molecule has 0 atom stereocenters. The van der Waals surface area contributed by atoms with Crippen LogP contribution in [0.3, 0.4) is 0 Å². The molecule has 4 aromatic rings. The van der Waals surface area contributed by atoms with E-state index in [-0.39, 0.29) is 0 Å². The fourth-order valence-corrected chi connectivity index (χ4v) is 5.32. The SMILES string of the molecule is CCC(CC)c1c2n(c3cc(C=O)ccc13)CCCn1cc(C#N)c3cccc-2c31. The van der Waals surface area contributed by atoms with Crippen LogP contribution in [0.15, 0.2) is 42.6 Å². The van der Waals surface area contributed by atoms with Crippen molar-refractivity contribution >= 4 is 28.1 Å². The third kappa shape index (κ3) is 2.55. The van der Waals surface area contributed by atoms with Crippen molar-refractivity contribution in [2.75, 3.05) is 0 Å². The molecule has 0 fully saturated rings. The van der Waals surface area contributed by atoms with E-state index in [9.17, 15) is 10.1 Å². The zero-order valence-corrected chi connectivity index (χ0v) is 17.5. The van der Waals surface area contributed by atoms with Crippen molar-refractivity contribution < 1.29 is 4.79 Å². The Morgan fingerprint density at radius 2 is 1.97 bits per heavy atom. The monoisotopic (exact) mass is 395 g/mol. The molecule has 0 saturated heterocycles. The second-order valence-corrected chi connectivity index (χ2v) is 8.23. The van der Waals surface area contributed by atoms with Crippen LogP contribution in [-0.4, -0.2) is 15.4 Å². The van der Waals surface area contributed by atoms with Gasteiger partial charge in [0.1, 0.15) is 12.4 Å². The third-order valence-corrected chi connectivity index (χ3v) is 6.71. The molecule has 150 valence electrons. The van der Waals surface area contributed by atoms with Crippen molar-refractivity contribution in [1.29, 1.82) is 5.26 Å². The largest absolute Gasteiger partial charge is 0.345 e. The maximum Gasteiger partial charge on any atom is 0.150 e. The number of carbonyl (C=O) groups is 1. The van der Waals surface area contributed by atoms with Gasteiger partial charge in [-0.1, -0.05) is 44.2 Å². The summed E-state index contributed by atoms with van der Waals surface area (Å²) in [6, 6.07) is 14.8. The van der Waals surface area contributed by atoms with E-state index in [1.807, 2.05) is 18.3 Å². The van der Waals surface area contributed by atoms with E-state index in [2.05, 4.69) is 53.3 Å². The van der Waals surface area contributed by atoms with Crippen molar-refractivity contribution in [1.82, 2.24) is 9.13 Å². The zero-order chi connectivity index (χ0) is 20.8. The van der Waals surface area contributed by atoms with Crippen molar-refractivity contribution in [3.8, 4) is 17.3 Å². The van der Waals surface area contributed by atoms with Gasteiger partial charge < -0.3 is 9.13 Å². The number of nitrogens with zero attached hydrogens (tertiary/aromatic N) is 3. The molecule has 0 radical (unpaired) electrons. The molecule has 4 nitrogen and oxygen atoms in total. The minimum absolute atomic E-state index is 0.444. The van der Waals surface area contributed by atoms with Crippen LogP contribution < -0.4 is 0 Å². The smallest absolute Gasteiger partial charge is 0.150 e. The predicted octanol–water partition coefficient (Wildman–Crippen LogP) is 6.25. The summed E-state index contributed by atoms with van der Waals surface area (Å²) < 4.78 is 4.69. The summed E-state index contributed by atoms with van der Waals surface area (Å²) >= 11 is 0. The summed E-state index contributed by atoms with van der Waals surface area (Å²) in [4.78, 5) is 11.5. The summed E-state index contributed by atoms with van der Waals surface area (Å²) in [5.74, 6) is 0.444. The molecule has 0 bridgehead atoms. The minimum atomic E-state index is 0.444. The van der Waals surface area contributed by atoms with Gasteiger partial charge in [0.25, 0.3) is 0 Å². The number of carbonyl (C=O) groups excluding carboxylic acids is 1. The minimum Gasteiger partial charge on any atom is -0.345 e. The average molecular weight is 396 g/mol. The van der Waals surface area contributed by atoms with Gasteiger partial charge in [0.05, 0.1) is 16.8 Å². The second-order valence-electron chi connectivity index (χ2n) is 8.23. The van der Waals surface area contributed by atoms with Gasteiger partial charge in [0, 0.05) is 46.7 Å². The fourth-order valence-electron chi connectivity index (χ4n) is 5.32. The van der Waals surface area contributed by atoms with Gasteiger partial charge in [0.2, 0.25) is 0 Å². The van der Waals surface area contributed by atoms with Crippen molar-refractivity contribution in [3.05, 3.63) is 59.3 Å². The Morgan fingerprint density at radius 3 is 2.70 bits per heavy atom. The summed E-state index contributed by atoms with van der Waals surface area (Å²) in [5, 5.41) is 12.0. The lowest BCUT2D eigenvalue weighted by Gasteiger charge is -2.21. The first kappa shape index (κ1) is 18.7. The fraction of sp³-hybridized carbons (Fsp3) is 0.308. The van der Waals surface area contributed by atoms with Gasteiger partial charge in [-0.25, -0.2) is 0 Å². The first-order valence-electron chi connectivity index (χ1n) is 10.8. The Hall–Kier alpha value is -3.32. The lowest BCUT2D eigenvalue weighted by molar-refractivity contribution is 0.112. The molecule has 3 heterocycles. The molecule has 2 aromatic heterocycles. The Labute approximate surface area is 176 Å². The molecular weight excluding hydrogens is 370 g/mol. The first-order chi connectivity index (χ1) is 14.7. The van der Waals surface area contributed by atoms with Crippen LogP contribution in [0, 0.1) is 11.3 Å². The number of aldehydes is 1. The Bertz CT molecular complexity index is 1330. The van der Waals surface area contributed by atoms with Gasteiger partial charge in [-0.2, -0.15) is 5.26 Å². The number of para-hydroxylation sites is 1. The highest BCUT2D eigenvalue weighted by Gasteiger charge is 2.27. The Balaban J connectivity index is 1.97. The van der Waals surface area contributed by atoms with E-state index in [1.54, 1.807) is 0 Å². The summed E-state index contributed by atoms with van der Waals surface area (Å²) in [6.45, 7) is 6.28. The van der Waals surface area contributed by atoms with E-state index in [0.29, 0.717) is 11.5 Å². The molecule has 0 spiro atoms. The standard InChI is InChI=1S/C26H25N3O/c1-3-18(4-2)24-21-10-9-17(16-30)13-23(21)29-12-6-11-28-15-19(14-27)20-7-5-8-22(25(20)28)26(24)29/h5,7-10,13,15-16,18H,3-4,6,11-12H2,1-2H3. The number of fused-ring (bicyclic) bond motifs is 4. The highest BCUT2D eigenvalue weighted by atomic mass is 16.1. The maximum atomic E-state index is 11.5. The van der Waals surface area contributed by atoms with Crippen molar-refractivity contribution in [3.63, 3.8) is 0 Å². The Morgan fingerprint density at radius 1 is 1.13 bits per heavy atom. The lowest BCUT2D eigenvalue weighted by Crippen LogP contribution is -2.10. The summed E-state index contributed by atoms with van der Waals surface area (Å²) in [7, 11) is 0. The van der Waals surface area contributed by atoms with Gasteiger partial charge >= 0.3 is 0 Å². The van der Waals surface area contributed by atoms with E-state index in [0.717, 1.165) is 60.6 Å². The molecule has 30 heavy (non-hydrogen) atoms. The summed E-state index contributed by atoms with van der Waals surface area (Å²) in [6.07, 6.45) is 6.06. The molecule has 0 saturated carbocycles. The van der Waals surface area contributed by atoms with Gasteiger partial charge in [-0.15, -0.1) is 0 Å². The molecule has 1 aliphatic rings. The van der Waals surface area contributed by atoms with Crippen LogP contribution in [0.2, 0.25) is 0 Å². The van der Waals surface area contributed by atoms with E-state index in [4.69, 9.17) is 0 Å². The van der Waals surface area contributed by atoms with Crippen molar-refractivity contribution in [2.24, 2.45) is 0 Å². The zero-order valence-electron chi connectivity index (χ0n) is 17.5. The molecule has 2 aromatic carbocycles. The Kier molecular flexibility index (Phi) is 4.47. The molecule has 0 unspecified atom stereocenters.